The molecule has 1 N–H and O–H groups in total. The van der Waals surface area contributed by atoms with E-state index in [-0.39, 0.29) is 17.8 Å². The molecule has 176 valence electrons. The molecule has 35 heavy (non-hydrogen) atoms. The summed E-state index contributed by atoms with van der Waals surface area (Å²) in [6, 6.07) is 12.5. The van der Waals surface area contributed by atoms with E-state index in [1.54, 1.807) is 24.3 Å². The zero-order chi connectivity index (χ0) is 24.4. The summed E-state index contributed by atoms with van der Waals surface area (Å²) in [5.74, 6) is -2.90. The van der Waals surface area contributed by atoms with E-state index in [1.165, 1.54) is 34.9 Å². The first-order valence-electron chi connectivity index (χ1n) is 11.0. The minimum absolute atomic E-state index is 0.115. The van der Waals surface area contributed by atoms with E-state index in [0.29, 0.717) is 29.6 Å². The number of hydrogen-bond acceptors (Lipinski definition) is 4. The molecular formula is C26H18F3N3O3. The molecule has 3 heterocycles. The first-order valence-corrected chi connectivity index (χ1v) is 11.0. The number of aromatic nitrogens is 1. The van der Waals surface area contributed by atoms with Crippen molar-refractivity contribution in [1.29, 1.82) is 0 Å². The van der Waals surface area contributed by atoms with Crippen molar-refractivity contribution < 1.29 is 27.5 Å². The number of anilines is 2. The van der Waals surface area contributed by atoms with Crippen molar-refractivity contribution in [3.05, 3.63) is 88.9 Å². The normalized spacial score (nSPS) is 16.7. The molecule has 6 nitrogen and oxygen atoms in total. The summed E-state index contributed by atoms with van der Waals surface area (Å²) in [5.41, 5.74) is 2.31. The van der Waals surface area contributed by atoms with Crippen LogP contribution < -0.4 is 9.64 Å². The van der Waals surface area contributed by atoms with Crippen molar-refractivity contribution >= 4 is 34.2 Å². The van der Waals surface area contributed by atoms with E-state index in [0.717, 1.165) is 22.5 Å². The van der Waals surface area contributed by atoms with E-state index >= 15 is 4.39 Å². The summed E-state index contributed by atoms with van der Waals surface area (Å²) < 4.78 is 48.9. The molecular weight excluding hydrogens is 459 g/mol. The molecule has 0 spiro atoms. The van der Waals surface area contributed by atoms with Crippen LogP contribution in [0, 0.1) is 17.5 Å². The fourth-order valence-electron chi connectivity index (χ4n) is 5.11. The van der Waals surface area contributed by atoms with Crippen molar-refractivity contribution in [2.45, 2.75) is 19.5 Å². The number of carbonyl (C=O) groups is 2. The Hall–Kier alpha value is -4.27. The molecule has 4 aromatic rings. The van der Waals surface area contributed by atoms with Gasteiger partial charge >= 0.3 is 5.97 Å². The van der Waals surface area contributed by atoms with E-state index in [2.05, 4.69) is 4.98 Å². The summed E-state index contributed by atoms with van der Waals surface area (Å²) in [5, 5.41) is 0.801. The average Bonchev–Trinajstić information content (AvgIpc) is 3.17. The van der Waals surface area contributed by atoms with Gasteiger partial charge in [0.05, 0.1) is 16.9 Å². The number of ether oxygens (including phenoxy) is 1. The minimum Gasteiger partial charge on any atom is -0.427 e. The van der Waals surface area contributed by atoms with Gasteiger partial charge in [-0.25, -0.2) is 13.2 Å². The van der Waals surface area contributed by atoms with Crippen LogP contribution in [0.4, 0.5) is 24.5 Å². The van der Waals surface area contributed by atoms with Crippen molar-refractivity contribution in [1.82, 2.24) is 9.88 Å². The first kappa shape index (κ1) is 21.3. The van der Waals surface area contributed by atoms with Crippen molar-refractivity contribution in [3.8, 4) is 5.75 Å². The molecule has 0 aliphatic carbocycles. The predicted molar refractivity (Wildman–Crippen MR) is 122 cm³/mol. The van der Waals surface area contributed by atoms with Crippen LogP contribution in [0.5, 0.6) is 5.75 Å². The molecule has 2 aliphatic heterocycles. The molecule has 9 heteroatoms. The number of carbonyl (C=O) groups excluding carboxylic acids is 2. The van der Waals surface area contributed by atoms with Crippen molar-refractivity contribution in [2.75, 3.05) is 11.4 Å². The maximum atomic E-state index is 15.3. The van der Waals surface area contributed by atoms with E-state index in [1.807, 2.05) is 0 Å². The third-order valence-electron chi connectivity index (χ3n) is 6.42. The second kappa shape index (κ2) is 7.63. The highest BCUT2D eigenvalue weighted by molar-refractivity contribution is 6.04. The molecule has 0 saturated carbocycles. The van der Waals surface area contributed by atoms with Gasteiger partial charge in [0.1, 0.15) is 17.4 Å². The largest absolute Gasteiger partial charge is 0.427 e. The van der Waals surface area contributed by atoms with Crippen LogP contribution in [0.2, 0.25) is 0 Å². The Bertz CT molecular complexity index is 1550. The number of hydrogen-bond donors (Lipinski definition) is 1. The molecule has 3 aromatic carbocycles. The number of rotatable bonds is 2. The van der Waals surface area contributed by atoms with Gasteiger partial charge in [-0.2, -0.15) is 0 Å². The maximum Gasteiger partial charge on any atom is 0.308 e. The van der Waals surface area contributed by atoms with Gasteiger partial charge in [-0.1, -0.05) is 6.07 Å². The van der Waals surface area contributed by atoms with Gasteiger partial charge in [0.15, 0.2) is 12.0 Å². The Kier molecular flexibility index (Phi) is 4.64. The molecule has 0 saturated heterocycles. The van der Waals surface area contributed by atoms with Crippen LogP contribution in [0.3, 0.4) is 0 Å². The minimum atomic E-state index is -0.919. The Morgan fingerprint density at radius 2 is 1.89 bits per heavy atom. The number of H-pyrrole nitrogens is 1. The summed E-state index contributed by atoms with van der Waals surface area (Å²) in [7, 11) is 0. The van der Waals surface area contributed by atoms with Crippen LogP contribution in [-0.2, 0) is 11.2 Å². The fourth-order valence-corrected chi connectivity index (χ4v) is 5.11. The molecule has 2 aliphatic rings. The third-order valence-corrected chi connectivity index (χ3v) is 6.42. The van der Waals surface area contributed by atoms with E-state index in [4.69, 9.17) is 4.74 Å². The number of aromatic amines is 1. The molecule has 6 rings (SSSR count). The summed E-state index contributed by atoms with van der Waals surface area (Å²) in [6.45, 7) is 1.58. The number of halogens is 3. The molecule has 1 aromatic heterocycles. The maximum absolute atomic E-state index is 15.3. The lowest BCUT2D eigenvalue weighted by atomic mass is 9.94. The van der Waals surface area contributed by atoms with Crippen LogP contribution in [0.15, 0.2) is 54.6 Å². The molecule has 0 fully saturated rings. The first-order chi connectivity index (χ1) is 16.8. The summed E-state index contributed by atoms with van der Waals surface area (Å²) in [6.07, 6.45) is -0.365. The van der Waals surface area contributed by atoms with Gasteiger partial charge in [0.2, 0.25) is 0 Å². The Morgan fingerprint density at radius 3 is 2.66 bits per heavy atom. The van der Waals surface area contributed by atoms with Gasteiger partial charge < -0.3 is 19.5 Å². The van der Waals surface area contributed by atoms with Gasteiger partial charge in [-0.15, -0.1) is 0 Å². The highest BCUT2D eigenvalue weighted by atomic mass is 19.1. The van der Waals surface area contributed by atoms with E-state index < -0.39 is 35.5 Å². The molecule has 0 bridgehead atoms. The Labute approximate surface area is 197 Å². The Balaban J connectivity index is 1.61. The summed E-state index contributed by atoms with van der Waals surface area (Å²) in [4.78, 5) is 31.2. The zero-order valence-corrected chi connectivity index (χ0v) is 18.4. The fraction of sp³-hybridized carbons (Fsp3) is 0.154. The highest BCUT2D eigenvalue weighted by Gasteiger charge is 2.45. The molecule has 1 amide bonds. The molecule has 1 atom stereocenters. The Morgan fingerprint density at radius 1 is 1.06 bits per heavy atom. The average molecular weight is 477 g/mol. The lowest BCUT2D eigenvalue weighted by Crippen LogP contribution is -2.51. The van der Waals surface area contributed by atoms with Crippen LogP contribution in [0.25, 0.3) is 10.9 Å². The second-order valence-corrected chi connectivity index (χ2v) is 8.57. The number of nitrogens with one attached hydrogen (secondary N) is 1. The van der Waals surface area contributed by atoms with Crippen LogP contribution >= 0.6 is 0 Å². The number of fused-ring (bicyclic) bond motifs is 6. The van der Waals surface area contributed by atoms with Crippen molar-refractivity contribution in [2.24, 2.45) is 0 Å². The number of amides is 1. The molecule has 1 unspecified atom stereocenters. The smallest absolute Gasteiger partial charge is 0.308 e. The lowest BCUT2D eigenvalue weighted by Gasteiger charge is -2.47. The summed E-state index contributed by atoms with van der Waals surface area (Å²) >= 11 is 0. The number of esters is 1. The quantitative estimate of drug-likeness (QED) is 0.312. The second-order valence-electron chi connectivity index (χ2n) is 8.57. The van der Waals surface area contributed by atoms with E-state index in [9.17, 15) is 18.4 Å². The van der Waals surface area contributed by atoms with Crippen molar-refractivity contribution in [3.63, 3.8) is 0 Å². The highest BCUT2D eigenvalue weighted by Crippen LogP contribution is 2.48. The lowest BCUT2D eigenvalue weighted by molar-refractivity contribution is -0.131. The monoisotopic (exact) mass is 477 g/mol. The van der Waals surface area contributed by atoms with Gasteiger partial charge in [0, 0.05) is 36.1 Å². The standard InChI is InChI=1S/C26H18F3N3O3/c1-13(33)35-17-5-6-22-19(12-17)18-7-8-31-25(23(18)30-22)32(16-4-2-3-14(27)9-16)24-20(26(31)34)10-15(28)11-21(24)29/h2-6,9-12,25,30H,7-8H2,1H3. The third kappa shape index (κ3) is 3.26. The topological polar surface area (TPSA) is 65.6 Å². The SMILES string of the molecule is CC(=O)Oc1ccc2[nH]c3c(c2c1)CCN1C(=O)c2cc(F)cc(F)c2N(c2cccc(F)c2)C31. The number of benzene rings is 3. The van der Waals surface area contributed by atoms with Crippen LogP contribution in [0.1, 0.15) is 34.7 Å². The van der Waals surface area contributed by atoms with Gasteiger partial charge in [-0.05, 0) is 54.4 Å². The van der Waals surface area contributed by atoms with Crippen LogP contribution in [-0.4, -0.2) is 28.3 Å². The van der Waals surface area contributed by atoms with Gasteiger partial charge in [0.25, 0.3) is 5.91 Å². The molecule has 0 radical (unpaired) electrons. The zero-order valence-electron chi connectivity index (χ0n) is 18.4. The predicted octanol–water partition coefficient (Wildman–Crippen LogP) is 5.36. The van der Waals surface area contributed by atoms with Gasteiger partial charge in [-0.3, -0.25) is 9.59 Å². The number of nitrogens with zero attached hydrogens (tertiary/aromatic N) is 2.